The molecule has 1 amide bonds. The van der Waals surface area contributed by atoms with Crippen molar-refractivity contribution in [2.45, 2.75) is 12.8 Å². The first-order chi connectivity index (χ1) is 17.0. The molecule has 0 saturated heterocycles. The van der Waals surface area contributed by atoms with Crippen LogP contribution in [0.1, 0.15) is 28.8 Å². The van der Waals surface area contributed by atoms with Gasteiger partial charge in [-0.15, -0.1) is 0 Å². The molecule has 1 unspecified atom stereocenters. The van der Waals surface area contributed by atoms with E-state index in [0.717, 1.165) is 5.56 Å². The Kier molecular flexibility index (Phi) is 7.44. The molecule has 35 heavy (non-hydrogen) atoms. The fourth-order valence-corrected chi connectivity index (χ4v) is 4.87. The van der Waals surface area contributed by atoms with Crippen LogP contribution in [-0.4, -0.2) is 17.4 Å². The van der Waals surface area contributed by atoms with Gasteiger partial charge in [0.25, 0.3) is 5.91 Å². The molecule has 1 heterocycles. The standard InChI is InChI=1S/C28H22FN3O2S/c1-18-25(27(34)32-22-10-6-3-7-11-22)26(20-8-4-2-5-9-20)23(16-30)28(31-18)35-17-24(33)19-12-14-21(29)15-13-19/h2-15,26,31H,17H2,1H3,(H,32,34). The Hall–Kier alpha value is -4.15. The third kappa shape index (κ3) is 5.51. The normalized spacial score (nSPS) is 15.3. The summed E-state index contributed by atoms with van der Waals surface area (Å²) in [5.41, 5.74) is 3.23. The number of halogens is 1. The van der Waals surface area contributed by atoms with E-state index in [1.807, 2.05) is 48.5 Å². The summed E-state index contributed by atoms with van der Waals surface area (Å²) in [7, 11) is 0. The predicted molar refractivity (Wildman–Crippen MR) is 136 cm³/mol. The molecule has 1 atom stereocenters. The number of carbonyl (C=O) groups is 2. The molecule has 0 fully saturated rings. The zero-order chi connectivity index (χ0) is 24.8. The van der Waals surface area contributed by atoms with Crippen LogP contribution in [-0.2, 0) is 4.79 Å². The fourth-order valence-electron chi connectivity index (χ4n) is 3.88. The first kappa shape index (κ1) is 24.0. The van der Waals surface area contributed by atoms with Gasteiger partial charge in [-0.3, -0.25) is 9.59 Å². The summed E-state index contributed by atoms with van der Waals surface area (Å²) < 4.78 is 13.2. The van der Waals surface area contributed by atoms with Crippen molar-refractivity contribution in [1.82, 2.24) is 5.32 Å². The lowest BCUT2D eigenvalue weighted by Gasteiger charge is -2.29. The van der Waals surface area contributed by atoms with Gasteiger partial charge in [0.1, 0.15) is 5.82 Å². The molecule has 2 N–H and O–H groups in total. The first-order valence-electron chi connectivity index (χ1n) is 10.9. The summed E-state index contributed by atoms with van der Waals surface area (Å²) in [5.74, 6) is -1.46. The SMILES string of the molecule is CC1=C(C(=O)Nc2ccccc2)C(c2ccccc2)C(C#N)=C(SCC(=O)c2ccc(F)cc2)N1. The van der Waals surface area contributed by atoms with Crippen LogP contribution in [0.25, 0.3) is 0 Å². The predicted octanol–water partition coefficient (Wildman–Crippen LogP) is 5.78. The number of nitriles is 1. The summed E-state index contributed by atoms with van der Waals surface area (Å²) >= 11 is 1.19. The number of nitrogens with one attached hydrogen (secondary N) is 2. The summed E-state index contributed by atoms with van der Waals surface area (Å²) in [6.45, 7) is 1.78. The number of Topliss-reactive ketones (excluding diaryl/α,β-unsaturated/α-hetero) is 1. The Morgan fingerprint density at radius 3 is 2.26 bits per heavy atom. The maximum atomic E-state index is 13.4. The lowest BCUT2D eigenvalue weighted by atomic mass is 9.82. The Labute approximate surface area is 207 Å². The molecule has 0 aromatic heterocycles. The summed E-state index contributed by atoms with van der Waals surface area (Å²) in [6, 6.07) is 26.1. The first-order valence-corrected chi connectivity index (χ1v) is 11.9. The summed E-state index contributed by atoms with van der Waals surface area (Å²) in [6.07, 6.45) is 0. The Morgan fingerprint density at radius 2 is 1.63 bits per heavy atom. The van der Waals surface area contributed by atoms with Gasteiger partial charge < -0.3 is 10.6 Å². The van der Waals surface area contributed by atoms with E-state index in [-0.39, 0.29) is 17.4 Å². The highest BCUT2D eigenvalue weighted by molar-refractivity contribution is 8.03. The van der Waals surface area contributed by atoms with E-state index in [1.54, 1.807) is 19.1 Å². The topological polar surface area (TPSA) is 82.0 Å². The van der Waals surface area contributed by atoms with Crippen LogP contribution >= 0.6 is 11.8 Å². The van der Waals surface area contributed by atoms with Gasteiger partial charge >= 0.3 is 0 Å². The maximum Gasteiger partial charge on any atom is 0.254 e. The third-order valence-corrected chi connectivity index (χ3v) is 6.59. The monoisotopic (exact) mass is 483 g/mol. The number of benzene rings is 3. The second-order valence-electron chi connectivity index (χ2n) is 7.90. The molecule has 3 aromatic rings. The number of nitrogens with zero attached hydrogens (tertiary/aromatic N) is 1. The van der Waals surface area contributed by atoms with Crippen molar-refractivity contribution in [3.05, 3.63) is 124 Å². The average molecular weight is 484 g/mol. The van der Waals surface area contributed by atoms with Crippen molar-refractivity contribution >= 4 is 29.1 Å². The number of anilines is 1. The second-order valence-corrected chi connectivity index (χ2v) is 8.89. The molecular weight excluding hydrogens is 461 g/mol. The number of hydrogen-bond acceptors (Lipinski definition) is 5. The van der Waals surface area contributed by atoms with Gasteiger partial charge in [0.15, 0.2) is 5.78 Å². The molecule has 3 aromatic carbocycles. The highest BCUT2D eigenvalue weighted by Crippen LogP contribution is 2.41. The molecular formula is C28H22FN3O2S. The van der Waals surface area contributed by atoms with Gasteiger partial charge in [0, 0.05) is 22.5 Å². The van der Waals surface area contributed by atoms with Crippen LogP contribution in [0.2, 0.25) is 0 Å². The maximum absolute atomic E-state index is 13.4. The van der Waals surface area contributed by atoms with E-state index < -0.39 is 11.7 Å². The molecule has 7 heteroatoms. The van der Waals surface area contributed by atoms with Gasteiger partial charge in [-0.2, -0.15) is 5.26 Å². The lowest BCUT2D eigenvalue weighted by Crippen LogP contribution is -2.31. The van der Waals surface area contributed by atoms with Gasteiger partial charge in [-0.25, -0.2) is 4.39 Å². The van der Waals surface area contributed by atoms with Crippen molar-refractivity contribution in [2.24, 2.45) is 0 Å². The van der Waals surface area contributed by atoms with E-state index in [2.05, 4.69) is 16.7 Å². The zero-order valence-electron chi connectivity index (χ0n) is 18.9. The Morgan fingerprint density at radius 1 is 1.00 bits per heavy atom. The molecule has 1 aliphatic heterocycles. The number of amides is 1. The molecule has 0 spiro atoms. The van der Waals surface area contributed by atoms with Gasteiger partial charge in [-0.1, -0.05) is 60.3 Å². The van der Waals surface area contributed by atoms with Crippen molar-refractivity contribution in [3.63, 3.8) is 0 Å². The van der Waals surface area contributed by atoms with Crippen LogP contribution in [0.4, 0.5) is 10.1 Å². The zero-order valence-corrected chi connectivity index (χ0v) is 19.7. The van der Waals surface area contributed by atoms with E-state index in [1.165, 1.54) is 36.0 Å². The highest BCUT2D eigenvalue weighted by atomic mass is 32.2. The van der Waals surface area contributed by atoms with Crippen molar-refractivity contribution in [3.8, 4) is 6.07 Å². The van der Waals surface area contributed by atoms with Gasteiger partial charge in [0.2, 0.25) is 0 Å². The van der Waals surface area contributed by atoms with E-state index >= 15 is 0 Å². The van der Waals surface area contributed by atoms with Crippen LogP contribution < -0.4 is 10.6 Å². The molecule has 174 valence electrons. The molecule has 0 saturated carbocycles. The van der Waals surface area contributed by atoms with Crippen LogP contribution in [0.3, 0.4) is 0 Å². The van der Waals surface area contributed by atoms with Crippen molar-refractivity contribution in [2.75, 3.05) is 11.1 Å². The molecule has 0 bridgehead atoms. The summed E-state index contributed by atoms with van der Waals surface area (Å²) in [5, 5.41) is 16.8. The van der Waals surface area contributed by atoms with Gasteiger partial charge in [-0.05, 0) is 48.9 Å². The number of allylic oxidation sites excluding steroid dienone is 2. The van der Waals surface area contributed by atoms with E-state index in [4.69, 9.17) is 0 Å². The Balaban J connectivity index is 1.65. The third-order valence-electron chi connectivity index (χ3n) is 5.57. The number of carbonyl (C=O) groups excluding carboxylic acids is 2. The van der Waals surface area contributed by atoms with Crippen LogP contribution in [0.5, 0.6) is 0 Å². The quantitative estimate of drug-likeness (QED) is 0.417. The van der Waals surface area contributed by atoms with E-state index in [0.29, 0.717) is 33.1 Å². The number of hydrogen-bond donors (Lipinski definition) is 2. The number of rotatable bonds is 7. The fraction of sp³-hybridized carbons (Fsp3) is 0.107. The second kappa shape index (κ2) is 10.9. The molecule has 4 rings (SSSR count). The van der Waals surface area contributed by atoms with E-state index in [9.17, 15) is 19.2 Å². The van der Waals surface area contributed by atoms with Crippen molar-refractivity contribution in [1.29, 1.82) is 5.26 Å². The number of ketones is 1. The van der Waals surface area contributed by atoms with Crippen molar-refractivity contribution < 1.29 is 14.0 Å². The van der Waals surface area contributed by atoms with Gasteiger partial charge in [0.05, 0.1) is 28.3 Å². The minimum atomic E-state index is -0.602. The molecule has 1 aliphatic rings. The minimum absolute atomic E-state index is 0.0550. The number of thioether (sulfide) groups is 1. The highest BCUT2D eigenvalue weighted by Gasteiger charge is 2.34. The number of dihydropyridines is 1. The average Bonchev–Trinajstić information content (AvgIpc) is 2.88. The van der Waals surface area contributed by atoms with Crippen LogP contribution in [0.15, 0.2) is 107 Å². The molecule has 0 radical (unpaired) electrons. The summed E-state index contributed by atoms with van der Waals surface area (Å²) in [4.78, 5) is 26.0. The smallest absolute Gasteiger partial charge is 0.254 e. The largest absolute Gasteiger partial charge is 0.353 e. The minimum Gasteiger partial charge on any atom is -0.353 e. The number of para-hydroxylation sites is 1. The molecule has 5 nitrogen and oxygen atoms in total. The van der Waals surface area contributed by atoms with Crippen LogP contribution in [0, 0.1) is 17.1 Å². The Bertz CT molecular complexity index is 1340. The lowest BCUT2D eigenvalue weighted by molar-refractivity contribution is -0.113. The molecule has 0 aliphatic carbocycles.